The quantitative estimate of drug-likeness (QED) is 0.581. The van der Waals surface area contributed by atoms with E-state index in [1.54, 1.807) is 12.1 Å². The molecule has 1 aromatic carbocycles. The predicted molar refractivity (Wildman–Crippen MR) is 107 cm³/mol. The minimum Gasteiger partial charge on any atom is -0.481 e. The lowest BCUT2D eigenvalue weighted by Crippen LogP contribution is -2.36. The fourth-order valence-electron chi connectivity index (χ4n) is 3.14. The molecule has 0 fully saturated rings. The molecular formula is C18H14F2N3O5PS. The molecule has 2 aromatic heterocycles. The number of anilines is 1. The molecule has 30 heavy (non-hydrogen) atoms. The molecule has 0 atom stereocenters. The predicted octanol–water partition coefficient (Wildman–Crippen LogP) is 2.49. The number of fused-ring (bicyclic) bond motifs is 3. The van der Waals surface area contributed by atoms with E-state index in [1.807, 2.05) is 0 Å². The number of hydrogen-bond acceptors (Lipinski definition) is 6. The molecule has 0 bridgehead atoms. The van der Waals surface area contributed by atoms with Crippen LogP contribution in [0.5, 0.6) is 5.88 Å². The normalized spacial score (nSPS) is 13.9. The Morgan fingerprint density at radius 2 is 2.00 bits per heavy atom. The van der Waals surface area contributed by atoms with Crippen LogP contribution in [-0.2, 0) is 29.7 Å². The second kappa shape index (κ2) is 7.51. The number of methoxy groups -OCH3 is 1. The van der Waals surface area contributed by atoms with Gasteiger partial charge in [-0.05, 0) is 30.0 Å². The number of nitrogens with zero attached hydrogens (tertiary/aromatic N) is 3. The van der Waals surface area contributed by atoms with Crippen molar-refractivity contribution in [1.82, 2.24) is 9.97 Å². The first-order valence-electron chi connectivity index (χ1n) is 8.50. The van der Waals surface area contributed by atoms with E-state index in [2.05, 4.69) is 21.8 Å². The molecule has 0 aliphatic carbocycles. The summed E-state index contributed by atoms with van der Waals surface area (Å²) >= 11 is 4.50. The summed E-state index contributed by atoms with van der Waals surface area (Å²) in [5, 5.41) is 0.0485. The van der Waals surface area contributed by atoms with E-state index < -0.39 is 41.6 Å². The first-order chi connectivity index (χ1) is 14.2. The first kappa shape index (κ1) is 20.5. The zero-order valence-corrected chi connectivity index (χ0v) is 17.1. The van der Waals surface area contributed by atoms with Gasteiger partial charge in [0.1, 0.15) is 18.2 Å². The molecule has 1 amide bonds. The lowest BCUT2D eigenvalue weighted by Gasteiger charge is -2.30. The van der Waals surface area contributed by atoms with Gasteiger partial charge in [-0.1, -0.05) is 0 Å². The number of amides is 1. The van der Waals surface area contributed by atoms with Gasteiger partial charge < -0.3 is 19.3 Å². The molecule has 12 heteroatoms. The number of pyridine rings is 2. The molecule has 4 rings (SSSR count). The van der Waals surface area contributed by atoms with Crippen LogP contribution >= 0.6 is 6.49 Å². The van der Waals surface area contributed by atoms with E-state index in [4.69, 9.17) is 9.47 Å². The standard InChI is InChI=1S/C18H14F2N3O5PS/c1-27-15-3-2-11-16-9(6-21-17(11)22-15)8-28-18(24)23(16)7-12-13(19)4-10(5-14(12)20)29(25,26)30/h2-6H,7-8H2,1H3,(H2,25,26,30). The van der Waals surface area contributed by atoms with Crippen molar-refractivity contribution in [3.63, 3.8) is 0 Å². The Kier molecular flexibility index (Phi) is 5.15. The van der Waals surface area contributed by atoms with Gasteiger partial charge in [0.15, 0.2) is 5.65 Å². The van der Waals surface area contributed by atoms with E-state index in [1.165, 1.54) is 13.3 Å². The molecule has 2 N–H and O–H groups in total. The van der Waals surface area contributed by atoms with Crippen molar-refractivity contribution in [2.45, 2.75) is 13.2 Å². The van der Waals surface area contributed by atoms with E-state index >= 15 is 0 Å². The van der Waals surface area contributed by atoms with Crippen molar-refractivity contribution in [1.29, 1.82) is 0 Å². The molecule has 1 aliphatic heterocycles. The molecule has 3 aromatic rings. The molecule has 3 heterocycles. The third-order valence-corrected chi connectivity index (χ3v) is 6.14. The maximum atomic E-state index is 14.6. The van der Waals surface area contributed by atoms with Crippen molar-refractivity contribution in [2.75, 3.05) is 12.0 Å². The number of benzene rings is 1. The summed E-state index contributed by atoms with van der Waals surface area (Å²) < 4.78 is 39.4. The Bertz CT molecular complexity index is 1210. The number of hydrogen-bond donors (Lipinski definition) is 2. The Balaban J connectivity index is 1.83. The Labute approximate surface area is 173 Å². The molecule has 0 saturated carbocycles. The highest BCUT2D eigenvalue weighted by Gasteiger charge is 2.31. The lowest BCUT2D eigenvalue weighted by atomic mass is 10.1. The van der Waals surface area contributed by atoms with Crippen molar-refractivity contribution in [3.05, 3.63) is 53.2 Å². The van der Waals surface area contributed by atoms with Crippen LogP contribution in [0.4, 0.5) is 19.3 Å². The number of rotatable bonds is 4. The molecule has 0 spiro atoms. The van der Waals surface area contributed by atoms with E-state index in [-0.39, 0.29) is 12.3 Å². The van der Waals surface area contributed by atoms with Gasteiger partial charge in [-0.25, -0.2) is 18.6 Å². The average molecular weight is 453 g/mol. The topological polar surface area (TPSA) is 105 Å². The number of aromatic nitrogens is 2. The van der Waals surface area contributed by atoms with Crippen molar-refractivity contribution in [2.24, 2.45) is 0 Å². The highest BCUT2D eigenvalue weighted by Crippen LogP contribution is 2.37. The maximum Gasteiger partial charge on any atom is 0.414 e. The minimum atomic E-state index is -4.02. The third kappa shape index (κ3) is 3.61. The van der Waals surface area contributed by atoms with Gasteiger partial charge in [-0.2, -0.15) is 4.98 Å². The van der Waals surface area contributed by atoms with Gasteiger partial charge in [0.2, 0.25) is 12.4 Å². The second-order valence-electron chi connectivity index (χ2n) is 6.43. The summed E-state index contributed by atoms with van der Waals surface area (Å²) in [5.41, 5.74) is 0.722. The molecule has 156 valence electrons. The largest absolute Gasteiger partial charge is 0.481 e. The van der Waals surface area contributed by atoms with Gasteiger partial charge in [0, 0.05) is 34.1 Å². The first-order valence-corrected chi connectivity index (χ1v) is 11.2. The molecule has 0 radical (unpaired) electrons. The third-order valence-electron chi connectivity index (χ3n) is 4.58. The molecule has 1 aliphatic rings. The van der Waals surface area contributed by atoms with Crippen LogP contribution in [0.3, 0.4) is 0 Å². The van der Waals surface area contributed by atoms with Crippen LogP contribution in [0.1, 0.15) is 11.1 Å². The van der Waals surface area contributed by atoms with Crippen molar-refractivity contribution < 1.29 is 32.8 Å². The highest BCUT2D eigenvalue weighted by atomic mass is 32.5. The summed E-state index contributed by atoms with van der Waals surface area (Å²) in [6, 6.07) is 4.73. The minimum absolute atomic E-state index is 0.0541. The summed E-state index contributed by atoms with van der Waals surface area (Å²) in [4.78, 5) is 41.0. The molecule has 0 unspecified atom stereocenters. The van der Waals surface area contributed by atoms with Crippen LogP contribution < -0.4 is 14.9 Å². The van der Waals surface area contributed by atoms with Gasteiger partial charge in [0.05, 0.1) is 19.3 Å². The Morgan fingerprint density at radius 1 is 1.30 bits per heavy atom. The molecular weight excluding hydrogens is 439 g/mol. The van der Waals surface area contributed by atoms with E-state index in [0.717, 1.165) is 17.0 Å². The number of ether oxygens (including phenoxy) is 2. The zero-order chi connectivity index (χ0) is 21.6. The van der Waals surface area contributed by atoms with Crippen LogP contribution in [0.2, 0.25) is 0 Å². The Hall–Kier alpha value is -2.72. The fourth-order valence-corrected chi connectivity index (χ4v) is 4.02. The summed E-state index contributed by atoms with van der Waals surface area (Å²) in [6.45, 7) is -4.58. The zero-order valence-electron chi connectivity index (χ0n) is 15.4. The maximum absolute atomic E-state index is 14.6. The number of cyclic esters (lactones) is 1. The van der Waals surface area contributed by atoms with Crippen LogP contribution in [0, 0.1) is 11.6 Å². The van der Waals surface area contributed by atoms with Crippen LogP contribution in [-0.4, -0.2) is 33.0 Å². The number of carbonyl (C=O) groups excluding carboxylic acids is 1. The lowest BCUT2D eigenvalue weighted by molar-refractivity contribution is 0.141. The summed E-state index contributed by atoms with van der Waals surface area (Å²) in [5.74, 6) is -1.82. The van der Waals surface area contributed by atoms with Gasteiger partial charge in [-0.3, -0.25) is 4.90 Å². The second-order valence-corrected chi connectivity index (χ2v) is 9.56. The Morgan fingerprint density at radius 3 is 2.63 bits per heavy atom. The smallest absolute Gasteiger partial charge is 0.414 e. The summed E-state index contributed by atoms with van der Waals surface area (Å²) in [7, 11) is 1.45. The molecule has 8 nitrogen and oxygen atoms in total. The van der Waals surface area contributed by atoms with Gasteiger partial charge in [-0.15, -0.1) is 0 Å². The SMILES string of the molecule is COc1ccc2c3c(cnc2n1)COC(=O)N3Cc1c(F)cc(P(O)(O)=S)cc1F. The van der Waals surface area contributed by atoms with Crippen LogP contribution in [0.25, 0.3) is 11.0 Å². The van der Waals surface area contributed by atoms with Gasteiger partial charge >= 0.3 is 6.09 Å². The number of halogens is 2. The highest BCUT2D eigenvalue weighted by molar-refractivity contribution is 8.12. The van der Waals surface area contributed by atoms with E-state index in [9.17, 15) is 23.4 Å². The van der Waals surface area contributed by atoms with Gasteiger partial charge in [0.25, 0.3) is 0 Å². The van der Waals surface area contributed by atoms with Crippen LogP contribution in [0.15, 0.2) is 30.5 Å². The number of carbonyl (C=O) groups is 1. The molecule has 0 saturated heterocycles. The average Bonchev–Trinajstić information content (AvgIpc) is 2.70. The van der Waals surface area contributed by atoms with Crippen molar-refractivity contribution in [3.8, 4) is 5.88 Å². The van der Waals surface area contributed by atoms with E-state index in [0.29, 0.717) is 22.5 Å². The monoisotopic (exact) mass is 453 g/mol. The summed E-state index contributed by atoms with van der Waals surface area (Å²) in [6.07, 6.45) is 0.663. The van der Waals surface area contributed by atoms with Crippen molar-refractivity contribution >= 4 is 46.4 Å². The fraction of sp³-hybridized carbons (Fsp3) is 0.167.